The lowest BCUT2D eigenvalue weighted by Crippen LogP contribution is -2.39. The van der Waals surface area contributed by atoms with Gasteiger partial charge < -0.3 is 10.2 Å². The molecule has 0 unspecified atom stereocenters. The predicted octanol–water partition coefficient (Wildman–Crippen LogP) is 2.98. The Morgan fingerprint density at radius 1 is 1.22 bits per heavy atom. The molecule has 2 aliphatic rings. The van der Waals surface area contributed by atoms with E-state index in [9.17, 15) is 4.79 Å². The van der Waals surface area contributed by atoms with E-state index in [4.69, 9.17) is 0 Å². The number of rotatable bonds is 6. The number of nitrogens with one attached hydrogen (secondary N) is 1. The number of piperidine rings is 1. The fraction of sp³-hybridized carbons (Fsp3) is 0.600. The third-order valence-electron chi connectivity index (χ3n) is 5.36. The molecule has 7 nitrogen and oxygen atoms in total. The molecule has 0 radical (unpaired) electrons. The van der Waals surface area contributed by atoms with Gasteiger partial charge in [0.15, 0.2) is 5.82 Å². The Balaban J connectivity index is 1.38. The van der Waals surface area contributed by atoms with Crippen molar-refractivity contribution in [3.8, 4) is 11.4 Å². The Kier molecular flexibility index (Phi) is 5.20. The molecule has 0 atom stereocenters. The highest BCUT2D eigenvalue weighted by molar-refractivity contribution is 5.93. The minimum atomic E-state index is 0.0915. The summed E-state index contributed by atoms with van der Waals surface area (Å²) in [5, 5.41) is 15.2. The Morgan fingerprint density at radius 2 is 2.00 bits per heavy atom. The van der Waals surface area contributed by atoms with Gasteiger partial charge in [0.1, 0.15) is 0 Å². The first-order valence-corrected chi connectivity index (χ1v) is 10.0. The number of amides is 1. The van der Waals surface area contributed by atoms with Crippen molar-refractivity contribution in [2.75, 3.05) is 25.0 Å². The second-order valence-electron chi connectivity index (χ2n) is 8.22. The fourth-order valence-electron chi connectivity index (χ4n) is 3.82. The zero-order valence-electron chi connectivity index (χ0n) is 16.1. The lowest BCUT2D eigenvalue weighted by Gasteiger charge is -2.32. The number of hydrogen-bond donors (Lipinski definition) is 1. The molecule has 2 aromatic rings. The summed E-state index contributed by atoms with van der Waals surface area (Å²) in [6.07, 6.45) is 4.12. The summed E-state index contributed by atoms with van der Waals surface area (Å²) in [6.45, 7) is 7.61. The van der Waals surface area contributed by atoms with E-state index < -0.39 is 0 Å². The maximum atomic E-state index is 12.7. The zero-order valence-corrected chi connectivity index (χ0v) is 16.1. The number of nitrogens with zero attached hydrogens (tertiary/aromatic N) is 5. The van der Waals surface area contributed by atoms with E-state index in [0.29, 0.717) is 12.0 Å². The van der Waals surface area contributed by atoms with Gasteiger partial charge in [-0.15, -0.1) is 5.10 Å². The lowest BCUT2D eigenvalue weighted by molar-refractivity contribution is -0.121. The molecule has 2 fully saturated rings. The number of carbonyl (C=O) groups is 1. The number of hydrogen-bond acceptors (Lipinski definition) is 5. The van der Waals surface area contributed by atoms with Gasteiger partial charge in [0.2, 0.25) is 5.91 Å². The average Bonchev–Trinajstić information content (AvgIpc) is 3.38. The molecule has 1 aliphatic heterocycles. The second-order valence-corrected chi connectivity index (χ2v) is 8.22. The van der Waals surface area contributed by atoms with Crippen molar-refractivity contribution in [3.05, 3.63) is 24.3 Å². The molecule has 1 aromatic heterocycles. The molecule has 1 amide bonds. The van der Waals surface area contributed by atoms with Crippen LogP contribution >= 0.6 is 0 Å². The number of carbonyl (C=O) groups excluding carboxylic acids is 1. The van der Waals surface area contributed by atoms with Gasteiger partial charge in [-0.2, -0.15) is 0 Å². The highest BCUT2D eigenvalue weighted by Gasteiger charge is 2.28. The highest BCUT2D eigenvalue weighted by atomic mass is 16.1. The van der Waals surface area contributed by atoms with Crippen LogP contribution in [0.3, 0.4) is 0 Å². The lowest BCUT2D eigenvalue weighted by atomic mass is 9.95. The average molecular weight is 368 g/mol. The van der Waals surface area contributed by atoms with Crippen molar-refractivity contribution in [1.29, 1.82) is 0 Å². The Morgan fingerprint density at radius 3 is 2.70 bits per heavy atom. The van der Waals surface area contributed by atoms with E-state index >= 15 is 0 Å². The van der Waals surface area contributed by atoms with Gasteiger partial charge in [0.25, 0.3) is 0 Å². The van der Waals surface area contributed by atoms with E-state index in [-0.39, 0.29) is 11.8 Å². The van der Waals surface area contributed by atoms with Gasteiger partial charge in [-0.05, 0) is 67.3 Å². The molecular formula is C20H28N6O. The van der Waals surface area contributed by atoms with Crippen LogP contribution in [-0.2, 0) is 4.79 Å². The summed E-state index contributed by atoms with van der Waals surface area (Å²) in [5.41, 5.74) is 1.75. The van der Waals surface area contributed by atoms with Crippen LogP contribution in [0, 0.1) is 11.8 Å². The smallest absolute Gasteiger partial charge is 0.227 e. The zero-order chi connectivity index (χ0) is 18.8. The molecule has 144 valence electrons. The SMILES string of the molecule is CC(C)CN1CCC(C(=O)Nc2cccc(-c3nnnn3C3CC3)c2)CC1. The van der Waals surface area contributed by atoms with Crippen molar-refractivity contribution in [2.45, 2.75) is 45.6 Å². The van der Waals surface area contributed by atoms with Gasteiger partial charge >= 0.3 is 0 Å². The van der Waals surface area contributed by atoms with Gasteiger partial charge in [0, 0.05) is 23.7 Å². The van der Waals surface area contributed by atoms with Crippen LogP contribution in [-0.4, -0.2) is 50.6 Å². The number of tetrazole rings is 1. The molecule has 2 heterocycles. The van der Waals surface area contributed by atoms with Crippen molar-refractivity contribution < 1.29 is 4.79 Å². The van der Waals surface area contributed by atoms with E-state index in [0.717, 1.165) is 62.4 Å². The maximum Gasteiger partial charge on any atom is 0.227 e. The maximum absolute atomic E-state index is 12.7. The summed E-state index contributed by atoms with van der Waals surface area (Å²) >= 11 is 0. The van der Waals surface area contributed by atoms with E-state index in [1.54, 1.807) is 0 Å². The quantitative estimate of drug-likeness (QED) is 0.848. The number of benzene rings is 1. The highest BCUT2D eigenvalue weighted by Crippen LogP contribution is 2.36. The number of anilines is 1. The van der Waals surface area contributed by atoms with Crippen LogP contribution in [0.2, 0.25) is 0 Å². The molecule has 7 heteroatoms. The minimum Gasteiger partial charge on any atom is -0.326 e. The standard InChI is InChI=1S/C20H28N6O/c1-14(2)13-25-10-8-15(9-11-25)20(27)21-17-5-3-4-16(12-17)19-22-23-24-26(19)18-6-7-18/h3-5,12,14-15,18H,6-11,13H2,1-2H3,(H,21,27). The van der Waals surface area contributed by atoms with Crippen molar-refractivity contribution in [3.63, 3.8) is 0 Å². The first kappa shape index (κ1) is 18.1. The summed E-state index contributed by atoms with van der Waals surface area (Å²) in [5.74, 6) is 1.66. The molecule has 1 aliphatic carbocycles. The van der Waals surface area contributed by atoms with Gasteiger partial charge in [-0.1, -0.05) is 26.0 Å². The Labute approximate surface area is 160 Å². The third-order valence-corrected chi connectivity index (χ3v) is 5.36. The third kappa shape index (κ3) is 4.35. The fourth-order valence-corrected chi connectivity index (χ4v) is 3.82. The van der Waals surface area contributed by atoms with Crippen LogP contribution in [0.1, 0.15) is 45.6 Å². The number of aromatic nitrogens is 4. The van der Waals surface area contributed by atoms with Gasteiger partial charge in [0.05, 0.1) is 6.04 Å². The van der Waals surface area contributed by atoms with Crippen molar-refractivity contribution in [1.82, 2.24) is 25.1 Å². The molecular weight excluding hydrogens is 340 g/mol. The molecule has 1 saturated heterocycles. The van der Waals surface area contributed by atoms with E-state index in [1.165, 1.54) is 0 Å². The van der Waals surface area contributed by atoms with E-state index in [1.807, 2.05) is 28.9 Å². The van der Waals surface area contributed by atoms with Crippen molar-refractivity contribution in [2.24, 2.45) is 11.8 Å². The topological polar surface area (TPSA) is 75.9 Å². The molecule has 27 heavy (non-hydrogen) atoms. The Bertz CT molecular complexity index is 789. The van der Waals surface area contributed by atoms with Crippen LogP contribution in [0.5, 0.6) is 0 Å². The second kappa shape index (κ2) is 7.76. The van der Waals surface area contributed by atoms with Crippen LogP contribution in [0.15, 0.2) is 24.3 Å². The van der Waals surface area contributed by atoms with E-state index in [2.05, 4.69) is 39.6 Å². The van der Waals surface area contributed by atoms with Crippen molar-refractivity contribution >= 4 is 11.6 Å². The van der Waals surface area contributed by atoms with Crippen LogP contribution < -0.4 is 5.32 Å². The summed E-state index contributed by atoms with van der Waals surface area (Å²) < 4.78 is 1.89. The summed E-state index contributed by atoms with van der Waals surface area (Å²) in [4.78, 5) is 15.2. The first-order chi connectivity index (χ1) is 13.1. The molecule has 1 aromatic carbocycles. The first-order valence-electron chi connectivity index (χ1n) is 10.0. The largest absolute Gasteiger partial charge is 0.326 e. The Hall–Kier alpha value is -2.28. The summed E-state index contributed by atoms with van der Waals surface area (Å²) in [6, 6.07) is 8.26. The molecule has 1 saturated carbocycles. The number of likely N-dealkylation sites (tertiary alicyclic amines) is 1. The van der Waals surface area contributed by atoms with Crippen LogP contribution in [0.4, 0.5) is 5.69 Å². The molecule has 0 bridgehead atoms. The minimum absolute atomic E-state index is 0.0915. The molecule has 1 N–H and O–H groups in total. The van der Waals surface area contributed by atoms with Crippen LogP contribution in [0.25, 0.3) is 11.4 Å². The monoisotopic (exact) mass is 368 g/mol. The summed E-state index contributed by atoms with van der Waals surface area (Å²) in [7, 11) is 0. The normalized spacial score (nSPS) is 18.8. The molecule has 0 spiro atoms. The van der Waals surface area contributed by atoms with Gasteiger partial charge in [-0.25, -0.2) is 4.68 Å². The molecule has 4 rings (SSSR count). The van der Waals surface area contributed by atoms with Gasteiger partial charge in [-0.3, -0.25) is 4.79 Å². The predicted molar refractivity (Wildman–Crippen MR) is 104 cm³/mol.